The fourth-order valence-corrected chi connectivity index (χ4v) is 2.34. The quantitative estimate of drug-likeness (QED) is 0.558. The molecule has 0 N–H and O–H groups in total. The van der Waals surface area contributed by atoms with Crippen LogP contribution in [0.1, 0.15) is 23.0 Å². The van der Waals surface area contributed by atoms with Gasteiger partial charge in [0.1, 0.15) is 18.0 Å². The molecule has 132 valence electrons. The summed E-state index contributed by atoms with van der Waals surface area (Å²) in [6.45, 7) is 0.509. The first kappa shape index (κ1) is 18.6. The lowest BCUT2D eigenvalue weighted by atomic mass is 10.1. The van der Waals surface area contributed by atoms with Crippen LogP contribution in [0.4, 0.5) is 0 Å². The van der Waals surface area contributed by atoms with Gasteiger partial charge in [-0.15, -0.1) is 5.10 Å². The number of hydrogen-bond acceptors (Lipinski definition) is 6. The van der Waals surface area contributed by atoms with Gasteiger partial charge in [0.25, 0.3) is 0 Å². The Balaban J connectivity index is 2.42. The van der Waals surface area contributed by atoms with Gasteiger partial charge in [0.05, 0.1) is 13.7 Å². The fourth-order valence-electron chi connectivity index (χ4n) is 2.34. The predicted octanol–water partition coefficient (Wildman–Crippen LogP) is 1.38. The fraction of sp³-hybridized carbons (Fsp3) is 0.389. The molecule has 0 aliphatic carbocycles. The van der Waals surface area contributed by atoms with E-state index in [9.17, 15) is 4.79 Å². The summed E-state index contributed by atoms with van der Waals surface area (Å²) in [5.41, 5.74) is 2.07. The summed E-state index contributed by atoms with van der Waals surface area (Å²) in [4.78, 5) is 12.4. The third kappa shape index (κ3) is 4.89. The second-order valence-corrected chi connectivity index (χ2v) is 5.23. The molecule has 0 aliphatic rings. The van der Waals surface area contributed by atoms with Gasteiger partial charge in [-0.1, -0.05) is 41.5 Å². The molecule has 1 aromatic carbocycles. The Hall–Kier alpha value is -2.69. The van der Waals surface area contributed by atoms with Gasteiger partial charge in [0.15, 0.2) is 6.04 Å². The molecule has 0 amide bonds. The predicted molar refractivity (Wildman–Crippen MR) is 90.7 cm³/mol. The highest BCUT2D eigenvalue weighted by atomic mass is 16.5. The zero-order valence-electron chi connectivity index (χ0n) is 14.6. The molecule has 1 heterocycles. The second kappa shape index (κ2) is 9.57. The van der Waals surface area contributed by atoms with E-state index in [0.717, 1.165) is 5.56 Å². The topological polar surface area (TPSA) is 75.5 Å². The minimum Gasteiger partial charge on any atom is -0.467 e. The zero-order valence-corrected chi connectivity index (χ0v) is 14.6. The normalized spacial score (nSPS) is 11.5. The van der Waals surface area contributed by atoms with E-state index in [1.165, 1.54) is 11.8 Å². The van der Waals surface area contributed by atoms with Crippen LogP contribution in [0.3, 0.4) is 0 Å². The van der Waals surface area contributed by atoms with Gasteiger partial charge in [0.2, 0.25) is 0 Å². The van der Waals surface area contributed by atoms with E-state index in [-0.39, 0.29) is 13.2 Å². The Bertz CT molecular complexity index is 747. The molecular formula is C18H21N3O4. The highest BCUT2D eigenvalue weighted by molar-refractivity contribution is 5.74. The van der Waals surface area contributed by atoms with Crippen LogP contribution in [0.2, 0.25) is 0 Å². The smallest absolute Gasteiger partial charge is 0.331 e. The lowest BCUT2D eigenvalue weighted by Crippen LogP contribution is -2.25. The number of hydrogen-bond donors (Lipinski definition) is 0. The highest BCUT2D eigenvalue weighted by Crippen LogP contribution is 2.19. The SMILES string of the molecule is COCC#Cc1c(COC)nnn1[C@@H](Cc1ccccc1)C(=O)OC. The number of carbonyl (C=O) groups is 1. The third-order valence-corrected chi connectivity index (χ3v) is 3.51. The maximum atomic E-state index is 12.4. The number of rotatable bonds is 7. The van der Waals surface area contributed by atoms with E-state index in [1.807, 2.05) is 30.3 Å². The summed E-state index contributed by atoms with van der Waals surface area (Å²) in [5, 5.41) is 8.22. The van der Waals surface area contributed by atoms with Crippen molar-refractivity contribution in [2.75, 3.05) is 27.9 Å². The van der Waals surface area contributed by atoms with Crippen molar-refractivity contribution >= 4 is 5.97 Å². The Kier molecular flexibility index (Phi) is 7.14. The number of carbonyl (C=O) groups excluding carboxylic acids is 1. The van der Waals surface area contributed by atoms with Crippen LogP contribution in [0.15, 0.2) is 30.3 Å². The first-order chi connectivity index (χ1) is 12.2. The van der Waals surface area contributed by atoms with Crippen LogP contribution in [0.25, 0.3) is 0 Å². The van der Waals surface area contributed by atoms with Crippen molar-refractivity contribution in [2.45, 2.75) is 19.1 Å². The van der Waals surface area contributed by atoms with Gasteiger partial charge in [0, 0.05) is 20.6 Å². The lowest BCUT2D eigenvalue weighted by molar-refractivity contribution is -0.145. The summed E-state index contributed by atoms with van der Waals surface area (Å²) < 4.78 is 16.6. The number of esters is 1. The monoisotopic (exact) mass is 343 g/mol. The van der Waals surface area contributed by atoms with Crippen LogP contribution < -0.4 is 0 Å². The van der Waals surface area contributed by atoms with Gasteiger partial charge in [-0.3, -0.25) is 0 Å². The largest absolute Gasteiger partial charge is 0.467 e. The molecule has 2 rings (SSSR count). The van der Waals surface area contributed by atoms with Crippen molar-refractivity contribution in [3.05, 3.63) is 47.3 Å². The first-order valence-electron chi connectivity index (χ1n) is 7.73. The van der Waals surface area contributed by atoms with E-state index in [1.54, 1.807) is 14.2 Å². The molecule has 1 atom stereocenters. The molecule has 0 radical (unpaired) electrons. The van der Waals surface area contributed by atoms with E-state index < -0.39 is 12.0 Å². The molecule has 7 heteroatoms. The molecule has 0 saturated carbocycles. The molecule has 0 bridgehead atoms. The maximum absolute atomic E-state index is 12.4. The summed E-state index contributed by atoms with van der Waals surface area (Å²) in [6, 6.07) is 8.97. The van der Waals surface area contributed by atoms with Crippen LogP contribution in [-0.2, 0) is 32.0 Å². The van der Waals surface area contributed by atoms with Gasteiger partial charge >= 0.3 is 5.97 Å². The number of nitrogens with zero attached hydrogens (tertiary/aromatic N) is 3. The van der Waals surface area contributed by atoms with Crippen molar-refractivity contribution < 1.29 is 19.0 Å². The van der Waals surface area contributed by atoms with Crippen molar-refractivity contribution in [2.24, 2.45) is 0 Å². The van der Waals surface area contributed by atoms with Crippen molar-refractivity contribution in [1.82, 2.24) is 15.0 Å². The van der Waals surface area contributed by atoms with Crippen LogP contribution >= 0.6 is 0 Å². The number of aromatic nitrogens is 3. The molecule has 2 aromatic rings. The van der Waals surface area contributed by atoms with Gasteiger partial charge in [-0.05, 0) is 11.5 Å². The van der Waals surface area contributed by atoms with Crippen molar-refractivity contribution in [3.63, 3.8) is 0 Å². The molecule has 0 saturated heterocycles. The van der Waals surface area contributed by atoms with Crippen LogP contribution in [0.5, 0.6) is 0 Å². The Labute approximate surface area is 146 Å². The molecule has 0 spiro atoms. The summed E-state index contributed by atoms with van der Waals surface area (Å²) in [6.07, 6.45) is 0.419. The Morgan fingerprint density at radius 3 is 2.60 bits per heavy atom. The molecular weight excluding hydrogens is 322 g/mol. The average molecular weight is 343 g/mol. The zero-order chi connectivity index (χ0) is 18.1. The summed E-state index contributed by atoms with van der Waals surface area (Å²) in [7, 11) is 4.48. The summed E-state index contributed by atoms with van der Waals surface area (Å²) >= 11 is 0. The lowest BCUT2D eigenvalue weighted by Gasteiger charge is -2.16. The molecule has 25 heavy (non-hydrogen) atoms. The molecule has 0 unspecified atom stereocenters. The average Bonchev–Trinajstić information content (AvgIpc) is 3.03. The molecule has 7 nitrogen and oxygen atoms in total. The molecule has 0 fully saturated rings. The molecule has 0 aliphatic heterocycles. The van der Waals surface area contributed by atoms with Crippen LogP contribution in [0, 0.1) is 11.8 Å². The first-order valence-corrected chi connectivity index (χ1v) is 7.73. The maximum Gasteiger partial charge on any atom is 0.331 e. The van der Waals surface area contributed by atoms with E-state index in [4.69, 9.17) is 14.2 Å². The minimum atomic E-state index is -0.669. The van der Waals surface area contributed by atoms with Crippen LogP contribution in [-0.4, -0.2) is 48.9 Å². The standard InChI is InChI=1S/C18H21N3O4/c1-23-11-7-10-16-15(13-24-2)19-20-21(16)17(18(22)25-3)12-14-8-5-4-6-9-14/h4-6,8-9,17H,11-13H2,1-3H3/t17-/m0/s1. The van der Waals surface area contributed by atoms with Gasteiger partial charge in [-0.25, -0.2) is 9.48 Å². The van der Waals surface area contributed by atoms with E-state index in [0.29, 0.717) is 17.8 Å². The second-order valence-electron chi connectivity index (χ2n) is 5.23. The Morgan fingerprint density at radius 2 is 1.96 bits per heavy atom. The van der Waals surface area contributed by atoms with Crippen molar-refractivity contribution in [3.8, 4) is 11.8 Å². The van der Waals surface area contributed by atoms with Gasteiger partial charge < -0.3 is 14.2 Å². The summed E-state index contributed by atoms with van der Waals surface area (Å²) in [5.74, 6) is 5.43. The van der Waals surface area contributed by atoms with E-state index in [2.05, 4.69) is 22.2 Å². The number of benzene rings is 1. The van der Waals surface area contributed by atoms with E-state index >= 15 is 0 Å². The van der Waals surface area contributed by atoms with Crippen molar-refractivity contribution in [1.29, 1.82) is 0 Å². The van der Waals surface area contributed by atoms with Gasteiger partial charge in [-0.2, -0.15) is 0 Å². The highest BCUT2D eigenvalue weighted by Gasteiger charge is 2.27. The Morgan fingerprint density at radius 1 is 1.20 bits per heavy atom. The molecule has 1 aromatic heterocycles. The number of methoxy groups -OCH3 is 3. The minimum absolute atomic E-state index is 0.246. The number of ether oxygens (including phenoxy) is 3. The third-order valence-electron chi connectivity index (χ3n) is 3.51.